The second kappa shape index (κ2) is 8.54. The Bertz CT molecular complexity index is 734. The summed E-state index contributed by atoms with van der Waals surface area (Å²) in [5, 5.41) is 22.6. The number of benzene rings is 2. The van der Waals surface area contributed by atoms with Gasteiger partial charge in [-0.1, -0.05) is 23.7 Å². The molecule has 2 unspecified atom stereocenters. The van der Waals surface area contributed by atoms with Crippen LogP contribution in [0.5, 0.6) is 0 Å². The summed E-state index contributed by atoms with van der Waals surface area (Å²) in [6, 6.07) is 14.3. The largest absolute Gasteiger partial charge is 0.396 e. The smallest absolute Gasteiger partial charge is 0.251 e. The molecule has 1 amide bonds. The molecule has 0 aliphatic carbocycles. The number of nitrogens with one attached hydrogen (secondary N) is 1. The van der Waals surface area contributed by atoms with Crippen LogP contribution in [0.15, 0.2) is 48.5 Å². The van der Waals surface area contributed by atoms with E-state index in [1.54, 1.807) is 24.3 Å². The molecule has 0 radical (unpaired) electrons. The highest BCUT2D eigenvalue weighted by Gasteiger charge is 2.21. The number of rotatable bonds is 6. The van der Waals surface area contributed by atoms with E-state index in [0.717, 1.165) is 24.2 Å². The molecule has 2 aromatic carbocycles. The van der Waals surface area contributed by atoms with Crippen molar-refractivity contribution in [3.63, 3.8) is 0 Å². The van der Waals surface area contributed by atoms with Gasteiger partial charge >= 0.3 is 0 Å². The molecule has 2 aromatic rings. The van der Waals surface area contributed by atoms with Crippen LogP contribution in [-0.2, 0) is 0 Å². The Balaban J connectivity index is 1.68. The molecule has 5 nitrogen and oxygen atoms in total. The molecule has 1 fully saturated rings. The number of aliphatic hydroxyl groups excluding tert-OH is 2. The lowest BCUT2D eigenvalue weighted by Crippen LogP contribution is -2.29. The number of halogens is 1. The molecule has 3 rings (SSSR count). The summed E-state index contributed by atoms with van der Waals surface area (Å²) in [5.74, 6) is -0.189. The van der Waals surface area contributed by atoms with Crippen LogP contribution >= 0.6 is 11.6 Å². The van der Waals surface area contributed by atoms with Crippen molar-refractivity contribution in [2.75, 3.05) is 24.6 Å². The Morgan fingerprint density at radius 3 is 2.46 bits per heavy atom. The van der Waals surface area contributed by atoms with Crippen LogP contribution in [0.3, 0.4) is 0 Å². The highest BCUT2D eigenvalue weighted by atomic mass is 35.5. The summed E-state index contributed by atoms with van der Waals surface area (Å²) in [5.41, 5.74) is 2.47. The minimum absolute atomic E-state index is 0.0240. The van der Waals surface area contributed by atoms with Gasteiger partial charge < -0.3 is 20.4 Å². The predicted octanol–water partition coefficient (Wildman–Crippen LogP) is 2.76. The SMILES string of the molecule is O=C(NC(CCO)c1ccc(Cl)cc1)c1ccc(N2CCC(O)C2)cc1. The summed E-state index contributed by atoms with van der Waals surface area (Å²) >= 11 is 5.92. The molecule has 0 aromatic heterocycles. The zero-order valence-corrected chi connectivity index (χ0v) is 15.2. The number of carbonyl (C=O) groups excluding carboxylic acids is 1. The zero-order chi connectivity index (χ0) is 18.5. The summed E-state index contributed by atoms with van der Waals surface area (Å²) in [6.45, 7) is 1.42. The van der Waals surface area contributed by atoms with Gasteiger partial charge in [-0.15, -0.1) is 0 Å². The average Bonchev–Trinajstić information content (AvgIpc) is 3.08. The maximum absolute atomic E-state index is 12.6. The molecule has 1 saturated heterocycles. The van der Waals surface area contributed by atoms with E-state index in [1.807, 2.05) is 24.3 Å². The van der Waals surface area contributed by atoms with E-state index in [2.05, 4.69) is 10.2 Å². The van der Waals surface area contributed by atoms with Crippen molar-refractivity contribution < 1.29 is 15.0 Å². The van der Waals surface area contributed by atoms with Gasteiger partial charge in [0.15, 0.2) is 0 Å². The minimum atomic E-state index is -0.281. The third-order valence-electron chi connectivity index (χ3n) is 4.65. The van der Waals surface area contributed by atoms with E-state index in [9.17, 15) is 15.0 Å². The number of nitrogens with zero attached hydrogens (tertiary/aromatic N) is 1. The Morgan fingerprint density at radius 2 is 1.88 bits per heavy atom. The maximum atomic E-state index is 12.6. The minimum Gasteiger partial charge on any atom is -0.396 e. The summed E-state index contributed by atoms with van der Waals surface area (Å²) in [4.78, 5) is 14.7. The first-order chi connectivity index (χ1) is 12.6. The number of β-amino-alcohol motifs (C(OH)–C–C–N with tert-alkyl or cyclic N) is 1. The van der Waals surface area contributed by atoms with Crippen LogP contribution in [0.2, 0.25) is 5.02 Å². The van der Waals surface area contributed by atoms with Gasteiger partial charge in [0.05, 0.1) is 12.1 Å². The molecule has 1 heterocycles. The normalized spacial score (nSPS) is 18.0. The molecule has 1 aliphatic rings. The van der Waals surface area contributed by atoms with Crippen LogP contribution in [-0.4, -0.2) is 41.9 Å². The number of carbonyl (C=O) groups is 1. The molecule has 2 atom stereocenters. The number of hydrogen-bond acceptors (Lipinski definition) is 4. The van der Waals surface area contributed by atoms with Crippen molar-refractivity contribution in [2.24, 2.45) is 0 Å². The van der Waals surface area contributed by atoms with Crippen molar-refractivity contribution in [1.82, 2.24) is 5.32 Å². The van der Waals surface area contributed by atoms with E-state index >= 15 is 0 Å². The molecule has 0 spiro atoms. The second-order valence-corrected chi connectivity index (χ2v) is 6.96. The molecule has 0 saturated carbocycles. The number of hydrogen-bond donors (Lipinski definition) is 3. The molecule has 3 N–H and O–H groups in total. The van der Waals surface area contributed by atoms with Crippen LogP contribution in [0, 0.1) is 0 Å². The van der Waals surface area contributed by atoms with Crippen molar-refractivity contribution in [1.29, 1.82) is 0 Å². The lowest BCUT2D eigenvalue weighted by molar-refractivity contribution is 0.0930. The molecule has 0 bridgehead atoms. The molecular formula is C20H23ClN2O3. The summed E-state index contributed by atoms with van der Waals surface area (Å²) in [6.07, 6.45) is 0.917. The topological polar surface area (TPSA) is 72.8 Å². The highest BCUT2D eigenvalue weighted by Crippen LogP contribution is 2.22. The van der Waals surface area contributed by atoms with E-state index in [-0.39, 0.29) is 24.7 Å². The standard InChI is InChI=1S/C20H23ClN2O3/c21-16-5-1-14(2-6-16)19(10-12-24)22-20(26)15-3-7-17(8-4-15)23-11-9-18(25)13-23/h1-8,18-19,24-25H,9-13H2,(H,22,26). The van der Waals surface area contributed by atoms with Gasteiger partial charge in [-0.3, -0.25) is 4.79 Å². The molecule has 1 aliphatic heterocycles. The zero-order valence-electron chi connectivity index (χ0n) is 14.4. The highest BCUT2D eigenvalue weighted by molar-refractivity contribution is 6.30. The number of anilines is 1. The fourth-order valence-corrected chi connectivity index (χ4v) is 3.31. The molecular weight excluding hydrogens is 352 g/mol. The van der Waals surface area contributed by atoms with E-state index in [4.69, 9.17) is 11.6 Å². The molecule has 26 heavy (non-hydrogen) atoms. The van der Waals surface area contributed by atoms with Gasteiger partial charge in [-0.05, 0) is 54.8 Å². The first-order valence-electron chi connectivity index (χ1n) is 8.77. The maximum Gasteiger partial charge on any atom is 0.251 e. The second-order valence-electron chi connectivity index (χ2n) is 6.53. The van der Waals surface area contributed by atoms with Gasteiger partial charge in [-0.2, -0.15) is 0 Å². The molecule has 6 heteroatoms. The van der Waals surface area contributed by atoms with E-state index in [0.29, 0.717) is 23.6 Å². The van der Waals surface area contributed by atoms with Gasteiger partial charge in [0.2, 0.25) is 0 Å². The van der Waals surface area contributed by atoms with E-state index in [1.165, 1.54) is 0 Å². The van der Waals surface area contributed by atoms with Gasteiger partial charge in [0.25, 0.3) is 5.91 Å². The lowest BCUT2D eigenvalue weighted by Gasteiger charge is -2.20. The summed E-state index contributed by atoms with van der Waals surface area (Å²) in [7, 11) is 0. The van der Waals surface area contributed by atoms with Gasteiger partial charge in [-0.25, -0.2) is 0 Å². The van der Waals surface area contributed by atoms with Crippen molar-refractivity contribution >= 4 is 23.2 Å². The monoisotopic (exact) mass is 374 g/mol. The Kier molecular flexibility index (Phi) is 6.14. The third-order valence-corrected chi connectivity index (χ3v) is 4.91. The first kappa shape index (κ1) is 18.7. The van der Waals surface area contributed by atoms with Crippen LogP contribution in [0.4, 0.5) is 5.69 Å². The quantitative estimate of drug-likeness (QED) is 0.727. The van der Waals surface area contributed by atoms with Crippen molar-refractivity contribution in [3.8, 4) is 0 Å². The van der Waals surface area contributed by atoms with Gasteiger partial charge in [0, 0.05) is 36.0 Å². The lowest BCUT2D eigenvalue weighted by atomic mass is 10.0. The fraction of sp³-hybridized carbons (Fsp3) is 0.350. The predicted molar refractivity (Wildman–Crippen MR) is 103 cm³/mol. The van der Waals surface area contributed by atoms with Crippen molar-refractivity contribution in [2.45, 2.75) is 25.0 Å². The Morgan fingerprint density at radius 1 is 1.19 bits per heavy atom. The summed E-state index contributed by atoms with van der Waals surface area (Å²) < 4.78 is 0. The fourth-order valence-electron chi connectivity index (χ4n) is 3.19. The first-order valence-corrected chi connectivity index (χ1v) is 9.15. The van der Waals surface area contributed by atoms with Crippen molar-refractivity contribution in [3.05, 3.63) is 64.7 Å². The Hall–Kier alpha value is -2.08. The third kappa shape index (κ3) is 4.55. The van der Waals surface area contributed by atoms with Gasteiger partial charge in [0.1, 0.15) is 0 Å². The van der Waals surface area contributed by atoms with Crippen LogP contribution < -0.4 is 10.2 Å². The van der Waals surface area contributed by atoms with Crippen LogP contribution in [0.1, 0.15) is 34.8 Å². The number of aliphatic hydroxyl groups is 2. The molecule has 138 valence electrons. The Labute approximate surface area is 158 Å². The van der Waals surface area contributed by atoms with Crippen LogP contribution in [0.25, 0.3) is 0 Å². The average molecular weight is 375 g/mol. The number of amides is 1. The van der Waals surface area contributed by atoms with E-state index < -0.39 is 0 Å².